The number of aryl methyl sites for hydroxylation is 1. The van der Waals surface area contributed by atoms with Crippen LogP contribution in [0.5, 0.6) is 11.5 Å². The molecule has 0 spiro atoms. The molecule has 3 aromatic rings. The molecule has 2 aromatic carbocycles. The van der Waals surface area contributed by atoms with Gasteiger partial charge < -0.3 is 15.0 Å². The van der Waals surface area contributed by atoms with E-state index < -0.39 is 8.07 Å². The van der Waals surface area contributed by atoms with Gasteiger partial charge in [-0.3, -0.25) is 9.59 Å². The minimum atomic E-state index is -1.51. The number of hydrogen-bond acceptors (Lipinski definition) is 4. The first-order valence-electron chi connectivity index (χ1n) is 10.5. The van der Waals surface area contributed by atoms with E-state index in [1.807, 2.05) is 19.1 Å². The van der Waals surface area contributed by atoms with Gasteiger partial charge in [0.2, 0.25) is 6.41 Å². The van der Waals surface area contributed by atoms with Crippen molar-refractivity contribution in [3.05, 3.63) is 77.5 Å². The Morgan fingerprint density at radius 2 is 1.79 bits per heavy atom. The van der Waals surface area contributed by atoms with Crippen molar-refractivity contribution in [3.63, 3.8) is 0 Å². The molecule has 0 aliphatic rings. The second-order valence-corrected chi connectivity index (χ2v) is 13.4. The lowest BCUT2D eigenvalue weighted by Gasteiger charge is -2.12. The Morgan fingerprint density at radius 1 is 1.06 bits per heavy atom. The van der Waals surface area contributed by atoms with Gasteiger partial charge in [-0.1, -0.05) is 31.6 Å². The van der Waals surface area contributed by atoms with Gasteiger partial charge in [-0.2, -0.15) is 0 Å². The van der Waals surface area contributed by atoms with Gasteiger partial charge >= 0.3 is 0 Å². The molecular formula is C26H27N3O3Si. The number of aromatic nitrogens is 1. The second kappa shape index (κ2) is 10.2. The summed E-state index contributed by atoms with van der Waals surface area (Å²) in [5.41, 5.74) is 6.50. The van der Waals surface area contributed by atoms with Crippen molar-refractivity contribution in [1.29, 1.82) is 0 Å². The van der Waals surface area contributed by atoms with Crippen molar-refractivity contribution >= 4 is 31.9 Å². The Balaban J connectivity index is 1.69. The summed E-state index contributed by atoms with van der Waals surface area (Å²) >= 11 is 0. The van der Waals surface area contributed by atoms with Crippen LogP contribution < -0.4 is 15.0 Å². The summed E-state index contributed by atoms with van der Waals surface area (Å²) in [6, 6.07) is 16.0. The number of nitrogens with zero attached hydrogens (tertiary/aromatic N) is 2. The maximum atomic E-state index is 12.8. The smallest absolute Gasteiger partial charge is 0.255 e. The Morgan fingerprint density at radius 3 is 2.45 bits per heavy atom. The van der Waals surface area contributed by atoms with Gasteiger partial charge in [-0.25, -0.2) is 4.98 Å². The van der Waals surface area contributed by atoms with E-state index in [0.29, 0.717) is 35.0 Å². The predicted molar refractivity (Wildman–Crippen MR) is 135 cm³/mol. The van der Waals surface area contributed by atoms with Gasteiger partial charge in [-0.15, -0.1) is 5.54 Å². The van der Waals surface area contributed by atoms with E-state index in [4.69, 9.17) is 4.74 Å². The second-order valence-electron chi connectivity index (χ2n) is 8.68. The normalized spacial score (nSPS) is 10.6. The summed E-state index contributed by atoms with van der Waals surface area (Å²) in [7, 11) is 0.110. The van der Waals surface area contributed by atoms with E-state index in [9.17, 15) is 9.59 Å². The lowest BCUT2D eigenvalue weighted by Crippen LogP contribution is -2.16. The molecule has 1 aromatic heterocycles. The molecule has 7 heteroatoms. The van der Waals surface area contributed by atoms with Crippen LogP contribution >= 0.6 is 0 Å². The van der Waals surface area contributed by atoms with Crippen LogP contribution in [0.15, 0.2) is 60.8 Å². The van der Waals surface area contributed by atoms with Crippen molar-refractivity contribution in [2.45, 2.75) is 26.6 Å². The Kier molecular flexibility index (Phi) is 7.31. The van der Waals surface area contributed by atoms with Crippen LogP contribution in [0.1, 0.15) is 21.5 Å². The zero-order valence-corrected chi connectivity index (χ0v) is 20.5. The molecule has 0 bridgehead atoms. The fraction of sp³-hybridized carbons (Fsp3) is 0.192. The average molecular weight is 458 g/mol. The van der Waals surface area contributed by atoms with Crippen molar-refractivity contribution in [3.8, 4) is 23.0 Å². The Hall–Kier alpha value is -3.89. The van der Waals surface area contributed by atoms with Gasteiger partial charge in [0.1, 0.15) is 25.4 Å². The minimum Gasteiger partial charge on any atom is -0.457 e. The largest absolute Gasteiger partial charge is 0.457 e. The molecule has 0 radical (unpaired) electrons. The molecule has 0 saturated heterocycles. The quantitative estimate of drug-likeness (QED) is 0.311. The van der Waals surface area contributed by atoms with Gasteiger partial charge in [0.05, 0.1) is 0 Å². The van der Waals surface area contributed by atoms with E-state index in [-0.39, 0.29) is 5.91 Å². The molecule has 168 valence electrons. The van der Waals surface area contributed by atoms with Gasteiger partial charge in [-0.05, 0) is 55.0 Å². The van der Waals surface area contributed by atoms with Crippen LogP contribution in [0.2, 0.25) is 19.6 Å². The molecule has 1 N–H and O–H groups in total. The molecule has 3 rings (SSSR count). The standard InChI is InChI=1S/C26H27N3O3Si/c1-19-6-7-21(16-20(19)13-15-33(3,4)5)26(31)28-22-8-10-23(11-9-22)32-24-12-14-27-25(17-24)29(2)18-30/h6-12,14,16-18H,1-5H3,(H,28,31). The molecular weight excluding hydrogens is 430 g/mol. The topological polar surface area (TPSA) is 71.5 Å². The van der Waals surface area contributed by atoms with E-state index in [2.05, 4.69) is 41.4 Å². The van der Waals surface area contributed by atoms with Crippen LogP contribution in [0, 0.1) is 18.4 Å². The predicted octanol–water partition coefficient (Wildman–Crippen LogP) is 5.26. The molecule has 6 nitrogen and oxygen atoms in total. The number of ether oxygens (including phenoxy) is 1. The van der Waals surface area contributed by atoms with Gasteiger partial charge in [0.25, 0.3) is 5.91 Å². The number of hydrogen-bond donors (Lipinski definition) is 1. The van der Waals surface area contributed by atoms with Crippen LogP contribution in [-0.2, 0) is 4.79 Å². The summed E-state index contributed by atoms with van der Waals surface area (Å²) in [6.07, 6.45) is 2.25. The first kappa shape index (κ1) is 23.8. The Bertz CT molecular complexity index is 1220. The molecule has 0 saturated carbocycles. The number of benzene rings is 2. The van der Waals surface area contributed by atoms with Crippen molar-refractivity contribution in [2.75, 3.05) is 17.3 Å². The molecule has 2 amide bonds. The maximum Gasteiger partial charge on any atom is 0.255 e. The number of amides is 2. The summed E-state index contributed by atoms with van der Waals surface area (Å²) in [4.78, 5) is 29.2. The van der Waals surface area contributed by atoms with E-state index in [0.717, 1.165) is 11.1 Å². The van der Waals surface area contributed by atoms with Crippen LogP contribution in [0.4, 0.5) is 11.5 Å². The summed E-state index contributed by atoms with van der Waals surface area (Å²) in [6.45, 7) is 8.57. The SMILES string of the molecule is Cc1ccc(C(=O)Nc2ccc(Oc3ccnc(N(C)C=O)c3)cc2)cc1C#C[Si](C)(C)C. The first-order valence-corrected chi connectivity index (χ1v) is 14.0. The molecule has 0 atom stereocenters. The van der Waals surface area contributed by atoms with E-state index in [1.165, 1.54) is 4.90 Å². The summed E-state index contributed by atoms with van der Waals surface area (Å²) < 4.78 is 5.83. The lowest BCUT2D eigenvalue weighted by atomic mass is 10.1. The van der Waals surface area contributed by atoms with Crippen molar-refractivity contribution < 1.29 is 14.3 Å². The highest BCUT2D eigenvalue weighted by Gasteiger charge is 2.11. The fourth-order valence-electron chi connectivity index (χ4n) is 2.81. The summed E-state index contributed by atoms with van der Waals surface area (Å²) in [5, 5.41) is 2.91. The number of carbonyl (C=O) groups is 2. The molecule has 33 heavy (non-hydrogen) atoms. The molecule has 0 fully saturated rings. The van der Waals surface area contributed by atoms with Crippen LogP contribution in [0.3, 0.4) is 0 Å². The van der Waals surface area contributed by atoms with E-state index >= 15 is 0 Å². The lowest BCUT2D eigenvalue weighted by molar-refractivity contribution is -0.107. The zero-order valence-electron chi connectivity index (χ0n) is 19.5. The van der Waals surface area contributed by atoms with Gasteiger partial charge in [0, 0.05) is 36.1 Å². The monoisotopic (exact) mass is 457 g/mol. The number of nitrogens with one attached hydrogen (secondary N) is 1. The highest BCUT2D eigenvalue weighted by Crippen LogP contribution is 2.25. The fourth-order valence-corrected chi connectivity index (χ4v) is 3.32. The number of carbonyl (C=O) groups excluding carboxylic acids is 2. The van der Waals surface area contributed by atoms with Crippen LogP contribution in [-0.4, -0.2) is 32.4 Å². The summed E-state index contributed by atoms with van der Waals surface area (Å²) in [5.74, 6) is 4.68. The third-order valence-corrected chi connectivity index (χ3v) is 5.53. The molecule has 1 heterocycles. The highest BCUT2D eigenvalue weighted by atomic mass is 28.3. The molecule has 0 unspecified atom stereocenters. The van der Waals surface area contributed by atoms with E-state index in [1.54, 1.807) is 55.7 Å². The average Bonchev–Trinajstić information content (AvgIpc) is 2.79. The molecule has 0 aliphatic carbocycles. The Labute approximate surface area is 195 Å². The van der Waals surface area contributed by atoms with Crippen LogP contribution in [0.25, 0.3) is 0 Å². The first-order chi connectivity index (χ1) is 15.6. The third-order valence-electron chi connectivity index (χ3n) is 4.66. The van der Waals surface area contributed by atoms with Crippen molar-refractivity contribution in [2.24, 2.45) is 0 Å². The minimum absolute atomic E-state index is 0.199. The number of rotatable bonds is 6. The maximum absolute atomic E-state index is 12.8. The highest BCUT2D eigenvalue weighted by molar-refractivity contribution is 6.83. The molecule has 0 aliphatic heterocycles. The van der Waals surface area contributed by atoms with Crippen molar-refractivity contribution in [1.82, 2.24) is 4.98 Å². The zero-order chi connectivity index (χ0) is 24.0. The number of anilines is 2. The van der Waals surface area contributed by atoms with Gasteiger partial charge in [0.15, 0.2) is 0 Å². The third kappa shape index (κ3) is 6.79. The number of pyridine rings is 1.